The lowest BCUT2D eigenvalue weighted by atomic mass is 10.00. The van der Waals surface area contributed by atoms with Gasteiger partial charge in [0.05, 0.1) is 10.6 Å². The molecule has 0 aliphatic carbocycles. The number of sulfone groups is 1. The average Bonchev–Trinajstić information content (AvgIpc) is 2.39. The number of nitrogens with one attached hydrogen (secondary N) is 1. The summed E-state index contributed by atoms with van der Waals surface area (Å²) in [6, 6.07) is 5.58. The summed E-state index contributed by atoms with van der Waals surface area (Å²) in [6.07, 6.45) is 0. The smallest absolute Gasteiger partial charge is 0.179 e. The number of fused-ring (bicyclic) bond motifs is 1. The van der Waals surface area contributed by atoms with Crippen LogP contribution >= 0.6 is 0 Å². The highest BCUT2D eigenvalue weighted by Crippen LogP contribution is 2.34. The van der Waals surface area contributed by atoms with E-state index in [1.54, 1.807) is 6.07 Å². The summed E-state index contributed by atoms with van der Waals surface area (Å²) in [5, 5.41) is 3.04. The average molecular weight is 225 g/mol. The van der Waals surface area contributed by atoms with Crippen LogP contribution in [0.4, 0.5) is 0 Å². The van der Waals surface area contributed by atoms with Crippen molar-refractivity contribution in [2.24, 2.45) is 0 Å². The van der Waals surface area contributed by atoms with Gasteiger partial charge in [0.25, 0.3) is 0 Å². The molecule has 1 aromatic rings. The van der Waals surface area contributed by atoms with E-state index in [-0.39, 0.29) is 11.7 Å². The van der Waals surface area contributed by atoms with E-state index in [2.05, 4.69) is 5.32 Å². The first-order valence-electron chi connectivity index (χ1n) is 5.02. The van der Waals surface area contributed by atoms with E-state index in [0.717, 1.165) is 17.7 Å². The fourth-order valence-corrected chi connectivity index (χ4v) is 4.00. The van der Waals surface area contributed by atoms with Crippen molar-refractivity contribution in [3.63, 3.8) is 0 Å². The third kappa shape index (κ3) is 1.79. The minimum atomic E-state index is -3.03. The lowest BCUT2D eigenvalue weighted by Gasteiger charge is -2.08. The topological polar surface area (TPSA) is 46.2 Å². The van der Waals surface area contributed by atoms with Gasteiger partial charge in [0.1, 0.15) is 0 Å². The van der Waals surface area contributed by atoms with Gasteiger partial charge in [-0.2, -0.15) is 0 Å². The van der Waals surface area contributed by atoms with Crippen LogP contribution in [0, 0.1) is 6.92 Å². The van der Waals surface area contributed by atoms with Crippen molar-refractivity contribution in [2.45, 2.75) is 17.7 Å². The molecule has 3 nitrogen and oxygen atoms in total. The largest absolute Gasteiger partial charge is 0.319 e. The molecule has 0 bridgehead atoms. The predicted octanol–water partition coefficient (Wildman–Crippen LogP) is 1.09. The molecule has 1 aliphatic heterocycles. The monoisotopic (exact) mass is 225 g/mol. The Hall–Kier alpha value is -0.870. The lowest BCUT2D eigenvalue weighted by Crippen LogP contribution is -2.18. The van der Waals surface area contributed by atoms with Gasteiger partial charge in [-0.1, -0.05) is 17.7 Å². The number of aryl methyl sites for hydroxylation is 1. The van der Waals surface area contributed by atoms with E-state index in [1.165, 1.54) is 0 Å². The van der Waals surface area contributed by atoms with Crippen LogP contribution < -0.4 is 5.32 Å². The normalized spacial score (nSPS) is 22.7. The molecule has 0 fully saturated rings. The van der Waals surface area contributed by atoms with Gasteiger partial charge in [-0.25, -0.2) is 8.42 Å². The van der Waals surface area contributed by atoms with Crippen molar-refractivity contribution in [2.75, 3.05) is 19.3 Å². The second-order valence-electron chi connectivity index (χ2n) is 4.08. The molecule has 1 aromatic carbocycles. The van der Waals surface area contributed by atoms with Crippen molar-refractivity contribution >= 4 is 9.84 Å². The summed E-state index contributed by atoms with van der Waals surface area (Å²) in [7, 11) is -1.19. The van der Waals surface area contributed by atoms with Crippen LogP contribution in [0.15, 0.2) is 23.1 Å². The van der Waals surface area contributed by atoms with E-state index in [1.807, 2.05) is 26.1 Å². The molecule has 1 unspecified atom stereocenters. The van der Waals surface area contributed by atoms with Crippen molar-refractivity contribution < 1.29 is 8.42 Å². The fourth-order valence-electron chi connectivity index (χ4n) is 2.13. The standard InChI is InChI=1S/C11H15NO2S/c1-8-3-4-11-10(5-8)9(6-12-2)7-15(11,13)14/h3-5,9,12H,6-7H2,1-2H3. The Balaban J connectivity index is 2.53. The molecule has 1 heterocycles. The molecule has 4 heteroatoms. The third-order valence-electron chi connectivity index (χ3n) is 2.81. The zero-order valence-electron chi connectivity index (χ0n) is 8.95. The van der Waals surface area contributed by atoms with Crippen molar-refractivity contribution in [3.8, 4) is 0 Å². The quantitative estimate of drug-likeness (QED) is 0.819. The zero-order valence-corrected chi connectivity index (χ0v) is 9.76. The first-order chi connectivity index (χ1) is 7.04. The molecule has 0 saturated carbocycles. The Kier molecular flexibility index (Phi) is 2.56. The molecule has 82 valence electrons. The highest BCUT2D eigenvalue weighted by molar-refractivity contribution is 7.91. The summed E-state index contributed by atoms with van der Waals surface area (Å²) in [4.78, 5) is 0.522. The molecule has 0 saturated heterocycles. The van der Waals surface area contributed by atoms with Gasteiger partial charge in [0, 0.05) is 12.5 Å². The fraction of sp³-hybridized carbons (Fsp3) is 0.455. The maximum atomic E-state index is 11.8. The van der Waals surface area contributed by atoms with Gasteiger partial charge in [0.2, 0.25) is 0 Å². The molecule has 1 atom stereocenters. The molecular weight excluding hydrogens is 210 g/mol. The third-order valence-corrected chi connectivity index (χ3v) is 4.69. The minimum Gasteiger partial charge on any atom is -0.319 e. The van der Waals surface area contributed by atoms with E-state index < -0.39 is 9.84 Å². The van der Waals surface area contributed by atoms with Crippen LogP contribution in [0.2, 0.25) is 0 Å². The molecule has 1 N–H and O–H groups in total. The molecule has 1 aliphatic rings. The lowest BCUT2D eigenvalue weighted by molar-refractivity contribution is 0.595. The van der Waals surface area contributed by atoms with Gasteiger partial charge < -0.3 is 5.32 Å². The van der Waals surface area contributed by atoms with Crippen LogP contribution in [0.3, 0.4) is 0 Å². The predicted molar refractivity (Wildman–Crippen MR) is 59.9 cm³/mol. The SMILES string of the molecule is CNCC1CS(=O)(=O)c2ccc(C)cc21. The van der Waals surface area contributed by atoms with Crippen LogP contribution in [-0.4, -0.2) is 27.8 Å². The van der Waals surface area contributed by atoms with Gasteiger partial charge in [-0.15, -0.1) is 0 Å². The summed E-state index contributed by atoms with van der Waals surface area (Å²) in [5.41, 5.74) is 2.09. The van der Waals surface area contributed by atoms with Gasteiger partial charge >= 0.3 is 0 Å². The second-order valence-corrected chi connectivity index (χ2v) is 6.08. The van der Waals surface area contributed by atoms with Crippen molar-refractivity contribution in [3.05, 3.63) is 29.3 Å². The zero-order chi connectivity index (χ0) is 11.1. The van der Waals surface area contributed by atoms with E-state index in [0.29, 0.717) is 4.90 Å². The summed E-state index contributed by atoms with van der Waals surface area (Å²) >= 11 is 0. The molecule has 15 heavy (non-hydrogen) atoms. The van der Waals surface area contributed by atoms with Crippen LogP contribution in [-0.2, 0) is 9.84 Å². The number of rotatable bonds is 2. The molecule has 0 aromatic heterocycles. The maximum absolute atomic E-state index is 11.8. The van der Waals surface area contributed by atoms with Crippen molar-refractivity contribution in [1.29, 1.82) is 0 Å². The van der Waals surface area contributed by atoms with E-state index in [4.69, 9.17) is 0 Å². The first-order valence-corrected chi connectivity index (χ1v) is 6.68. The van der Waals surface area contributed by atoms with E-state index in [9.17, 15) is 8.42 Å². The Morgan fingerprint density at radius 1 is 1.47 bits per heavy atom. The molecule has 2 rings (SSSR count). The Morgan fingerprint density at radius 3 is 2.87 bits per heavy atom. The molecule has 0 amide bonds. The van der Waals surface area contributed by atoms with Crippen LogP contribution in [0.5, 0.6) is 0 Å². The Labute approximate surface area is 90.4 Å². The first kappa shape index (κ1) is 10.6. The number of hydrogen-bond acceptors (Lipinski definition) is 3. The van der Waals surface area contributed by atoms with Gasteiger partial charge in [-0.3, -0.25) is 0 Å². The summed E-state index contributed by atoms with van der Waals surface area (Å²) in [6.45, 7) is 2.71. The van der Waals surface area contributed by atoms with Crippen LogP contribution in [0.1, 0.15) is 17.0 Å². The highest BCUT2D eigenvalue weighted by atomic mass is 32.2. The highest BCUT2D eigenvalue weighted by Gasteiger charge is 2.33. The number of hydrogen-bond donors (Lipinski definition) is 1. The van der Waals surface area contributed by atoms with Gasteiger partial charge in [-0.05, 0) is 25.6 Å². The summed E-state index contributed by atoms with van der Waals surface area (Å²) in [5.74, 6) is 0.349. The Morgan fingerprint density at radius 2 is 2.20 bits per heavy atom. The number of benzene rings is 1. The number of likely N-dealkylation sites (N-methyl/N-ethyl adjacent to an activating group) is 1. The van der Waals surface area contributed by atoms with Crippen molar-refractivity contribution in [1.82, 2.24) is 5.32 Å². The molecule has 0 radical (unpaired) electrons. The van der Waals surface area contributed by atoms with Gasteiger partial charge in [0.15, 0.2) is 9.84 Å². The van der Waals surface area contributed by atoms with Crippen LogP contribution in [0.25, 0.3) is 0 Å². The molecular formula is C11H15NO2S. The summed E-state index contributed by atoms with van der Waals surface area (Å²) < 4.78 is 23.6. The Bertz CT molecular complexity index is 479. The second kappa shape index (κ2) is 3.61. The van der Waals surface area contributed by atoms with E-state index >= 15 is 0 Å². The minimum absolute atomic E-state index is 0.106. The molecule has 0 spiro atoms. The maximum Gasteiger partial charge on any atom is 0.179 e.